The van der Waals surface area contributed by atoms with Crippen LogP contribution in [0.3, 0.4) is 0 Å². The van der Waals surface area contributed by atoms with Gasteiger partial charge < -0.3 is 21.4 Å². The Labute approximate surface area is 109 Å². The fourth-order valence-corrected chi connectivity index (χ4v) is 1.82. The van der Waals surface area contributed by atoms with Crippen LogP contribution in [-0.2, 0) is 9.59 Å². The third kappa shape index (κ3) is 4.84. The maximum absolute atomic E-state index is 12.0. The summed E-state index contributed by atoms with van der Waals surface area (Å²) in [6, 6.07) is -1.34. The largest absolute Gasteiger partial charge is 0.390 e. The van der Waals surface area contributed by atoms with Crippen LogP contribution in [0.25, 0.3) is 0 Å². The van der Waals surface area contributed by atoms with E-state index in [0.29, 0.717) is 12.7 Å². The molecule has 106 valence electrons. The summed E-state index contributed by atoms with van der Waals surface area (Å²) in [5.74, 6) is -1.35. The number of aliphatic hydroxyl groups is 1. The average molecular weight is 258 g/mol. The highest BCUT2D eigenvalue weighted by molar-refractivity contribution is 5.97. The zero-order valence-corrected chi connectivity index (χ0v) is 11.7. The summed E-state index contributed by atoms with van der Waals surface area (Å²) in [4.78, 5) is 23.0. The second-order valence-corrected chi connectivity index (χ2v) is 5.62. The first-order valence-electron chi connectivity index (χ1n) is 6.40. The molecule has 4 unspecified atom stereocenters. The molecule has 0 saturated heterocycles. The molecule has 0 rings (SSSR count). The molecule has 5 nitrogen and oxygen atoms in total. The van der Waals surface area contributed by atoms with Crippen molar-refractivity contribution in [2.45, 2.75) is 52.3 Å². The van der Waals surface area contributed by atoms with Gasteiger partial charge in [0.2, 0.25) is 0 Å². The molecule has 0 amide bonds. The van der Waals surface area contributed by atoms with Crippen LogP contribution in [-0.4, -0.2) is 35.4 Å². The van der Waals surface area contributed by atoms with Crippen molar-refractivity contribution in [3.63, 3.8) is 0 Å². The maximum Gasteiger partial charge on any atom is 0.162 e. The number of ketones is 1. The molecule has 0 aliphatic rings. The van der Waals surface area contributed by atoms with Crippen molar-refractivity contribution in [3.05, 3.63) is 0 Å². The van der Waals surface area contributed by atoms with Crippen LogP contribution in [0.4, 0.5) is 0 Å². The fourth-order valence-electron chi connectivity index (χ4n) is 1.82. The van der Waals surface area contributed by atoms with Crippen molar-refractivity contribution in [1.29, 1.82) is 0 Å². The van der Waals surface area contributed by atoms with Gasteiger partial charge in [0.25, 0.3) is 0 Å². The van der Waals surface area contributed by atoms with E-state index in [1.165, 1.54) is 0 Å². The summed E-state index contributed by atoms with van der Waals surface area (Å²) < 4.78 is 0. The Kier molecular flexibility index (Phi) is 7.28. The van der Waals surface area contributed by atoms with E-state index in [1.807, 2.05) is 13.8 Å². The lowest BCUT2D eigenvalue weighted by Crippen LogP contribution is -2.50. The van der Waals surface area contributed by atoms with E-state index in [0.717, 1.165) is 0 Å². The molecule has 5 heteroatoms. The zero-order chi connectivity index (χ0) is 14.5. The molecule has 0 aromatic heterocycles. The maximum atomic E-state index is 12.0. The number of carbonyl (C=O) groups excluding carboxylic acids is 2. The number of aldehydes is 1. The molecule has 18 heavy (non-hydrogen) atoms. The Morgan fingerprint density at radius 1 is 1.22 bits per heavy atom. The lowest BCUT2D eigenvalue weighted by atomic mass is 9.84. The van der Waals surface area contributed by atoms with Gasteiger partial charge in [-0.25, -0.2) is 0 Å². The first-order valence-corrected chi connectivity index (χ1v) is 6.40. The molecule has 0 aliphatic heterocycles. The lowest BCUT2D eigenvalue weighted by Gasteiger charge is -2.27. The average Bonchev–Trinajstić information content (AvgIpc) is 2.27. The Morgan fingerprint density at radius 2 is 1.72 bits per heavy atom. The predicted octanol–water partition coefficient (Wildman–Crippen LogP) is 0.0882. The van der Waals surface area contributed by atoms with Gasteiger partial charge in [0.05, 0.1) is 12.1 Å². The van der Waals surface area contributed by atoms with Gasteiger partial charge in [-0.05, 0) is 18.3 Å². The molecule has 0 aromatic rings. The Morgan fingerprint density at radius 3 is 2.06 bits per heavy atom. The summed E-state index contributed by atoms with van der Waals surface area (Å²) in [7, 11) is 0. The highest BCUT2D eigenvalue weighted by Crippen LogP contribution is 2.15. The van der Waals surface area contributed by atoms with Crippen LogP contribution in [0.1, 0.15) is 34.1 Å². The molecule has 0 heterocycles. The van der Waals surface area contributed by atoms with Crippen molar-refractivity contribution >= 4 is 12.1 Å². The zero-order valence-electron chi connectivity index (χ0n) is 11.7. The Hall–Kier alpha value is -0.780. The fraction of sp³-hybridized carbons (Fsp3) is 0.846. The molecule has 5 N–H and O–H groups in total. The van der Waals surface area contributed by atoms with Crippen molar-refractivity contribution < 1.29 is 14.7 Å². The summed E-state index contributed by atoms with van der Waals surface area (Å²) in [6.45, 7) is 7.52. The molecule has 4 atom stereocenters. The summed E-state index contributed by atoms with van der Waals surface area (Å²) in [5.41, 5.74) is 11.5. The van der Waals surface area contributed by atoms with Crippen molar-refractivity contribution in [3.8, 4) is 0 Å². The van der Waals surface area contributed by atoms with Gasteiger partial charge in [-0.15, -0.1) is 0 Å². The van der Waals surface area contributed by atoms with Gasteiger partial charge in [-0.2, -0.15) is 0 Å². The summed E-state index contributed by atoms with van der Waals surface area (Å²) in [5, 5.41) is 9.99. The molecule has 0 aromatic carbocycles. The van der Waals surface area contributed by atoms with Crippen LogP contribution in [0.5, 0.6) is 0 Å². The van der Waals surface area contributed by atoms with Gasteiger partial charge in [0.15, 0.2) is 5.78 Å². The van der Waals surface area contributed by atoms with E-state index in [4.69, 9.17) is 11.5 Å². The first-order chi connectivity index (χ1) is 8.22. The van der Waals surface area contributed by atoms with Crippen LogP contribution in [0, 0.1) is 17.8 Å². The Balaban J connectivity index is 4.76. The molecule has 0 saturated carbocycles. The first kappa shape index (κ1) is 17.2. The summed E-state index contributed by atoms with van der Waals surface area (Å²) in [6.07, 6.45) is -0.160. The smallest absolute Gasteiger partial charge is 0.162 e. The molecule has 0 aliphatic carbocycles. The van der Waals surface area contributed by atoms with E-state index in [2.05, 4.69) is 0 Å². The van der Waals surface area contributed by atoms with Crippen LogP contribution in [0.2, 0.25) is 0 Å². The SMILES string of the molecule is CC(C)CC(N)C(O)C(C=O)C(=O)C(N)C(C)C. The Bertz CT molecular complexity index is 279. The minimum atomic E-state index is -1.16. The van der Waals surface area contributed by atoms with Gasteiger partial charge in [0.1, 0.15) is 12.2 Å². The molecule has 0 fully saturated rings. The predicted molar refractivity (Wildman–Crippen MR) is 70.8 cm³/mol. The molecule has 0 radical (unpaired) electrons. The third-order valence-electron chi connectivity index (χ3n) is 3.07. The van der Waals surface area contributed by atoms with Crippen molar-refractivity contribution in [2.24, 2.45) is 29.2 Å². The van der Waals surface area contributed by atoms with Crippen molar-refractivity contribution in [1.82, 2.24) is 0 Å². The standard InChI is InChI=1S/C13H26N2O3/c1-7(2)5-10(14)12(17)9(6-16)13(18)11(15)8(3)4/h6-12,17H,5,14-15H2,1-4H3. The molecule has 0 bridgehead atoms. The quantitative estimate of drug-likeness (QED) is 0.422. The van der Waals surface area contributed by atoms with E-state index >= 15 is 0 Å². The normalized spacial score (nSPS) is 18.5. The van der Waals surface area contributed by atoms with E-state index in [-0.39, 0.29) is 11.8 Å². The third-order valence-corrected chi connectivity index (χ3v) is 3.07. The molecular formula is C13H26N2O3. The van der Waals surface area contributed by atoms with Gasteiger partial charge in [-0.3, -0.25) is 4.79 Å². The lowest BCUT2D eigenvalue weighted by molar-refractivity contribution is -0.134. The second kappa shape index (κ2) is 7.61. The van der Waals surface area contributed by atoms with Gasteiger partial charge in [-0.1, -0.05) is 27.7 Å². The van der Waals surface area contributed by atoms with Gasteiger partial charge >= 0.3 is 0 Å². The van der Waals surface area contributed by atoms with Crippen LogP contribution < -0.4 is 11.5 Å². The van der Waals surface area contributed by atoms with Gasteiger partial charge in [0, 0.05) is 6.04 Å². The van der Waals surface area contributed by atoms with E-state index < -0.39 is 29.9 Å². The number of aliphatic hydroxyl groups excluding tert-OH is 1. The van der Waals surface area contributed by atoms with Crippen LogP contribution >= 0.6 is 0 Å². The number of carbonyl (C=O) groups is 2. The highest BCUT2D eigenvalue weighted by Gasteiger charge is 2.34. The summed E-state index contributed by atoms with van der Waals surface area (Å²) >= 11 is 0. The minimum absolute atomic E-state index is 0.0755. The molecule has 0 spiro atoms. The van der Waals surface area contributed by atoms with E-state index in [1.54, 1.807) is 13.8 Å². The topological polar surface area (TPSA) is 106 Å². The number of hydrogen-bond donors (Lipinski definition) is 3. The molecular weight excluding hydrogens is 232 g/mol. The minimum Gasteiger partial charge on any atom is -0.390 e. The number of nitrogens with two attached hydrogens (primary N) is 2. The van der Waals surface area contributed by atoms with Crippen molar-refractivity contribution in [2.75, 3.05) is 0 Å². The number of hydrogen-bond acceptors (Lipinski definition) is 5. The van der Waals surface area contributed by atoms with Crippen LogP contribution in [0.15, 0.2) is 0 Å². The second-order valence-electron chi connectivity index (χ2n) is 5.62. The highest BCUT2D eigenvalue weighted by atomic mass is 16.3. The number of rotatable bonds is 8. The monoisotopic (exact) mass is 258 g/mol. The number of Topliss-reactive ketones (excluding diaryl/α,β-unsaturated/α-hetero) is 1. The van der Waals surface area contributed by atoms with E-state index in [9.17, 15) is 14.7 Å².